The van der Waals surface area contributed by atoms with Crippen LogP contribution >= 0.6 is 11.8 Å². The SMILES string of the molecule is NC(=O)[C@H](CSC1CC(=O)N(Cc2ccccc2)C1=O)NC(=O)CCCCCNC(=O)CCCNC(=O)Oc1ccc(CC(N)C(=O)Nc2ccccc2)cc1. The van der Waals surface area contributed by atoms with Crippen LogP contribution < -0.4 is 37.5 Å². The highest BCUT2D eigenvalue weighted by Gasteiger charge is 2.39. The summed E-state index contributed by atoms with van der Waals surface area (Å²) in [6, 6.07) is 23.2. The fourth-order valence-corrected chi connectivity index (χ4v) is 6.87. The molecule has 298 valence electrons. The Balaban J connectivity index is 1.01. The molecule has 3 aromatic rings. The molecule has 0 radical (unpaired) electrons. The van der Waals surface area contributed by atoms with Crippen molar-refractivity contribution in [1.29, 1.82) is 0 Å². The molecule has 1 saturated heterocycles. The van der Waals surface area contributed by atoms with Gasteiger partial charge < -0.3 is 37.5 Å². The molecule has 3 atom stereocenters. The van der Waals surface area contributed by atoms with E-state index in [0.29, 0.717) is 50.1 Å². The number of carbonyl (C=O) groups excluding carboxylic acids is 7. The molecule has 0 bridgehead atoms. The number of hydrogen-bond acceptors (Lipinski definition) is 10. The first-order chi connectivity index (χ1) is 27.0. The number of primary amides is 1. The van der Waals surface area contributed by atoms with Crippen molar-refractivity contribution >= 4 is 59.0 Å². The Bertz CT molecular complexity index is 1800. The van der Waals surface area contributed by atoms with Crippen LogP contribution in [0.3, 0.4) is 0 Å². The van der Waals surface area contributed by atoms with Crippen LogP contribution in [0.5, 0.6) is 5.75 Å². The molecule has 4 rings (SSSR count). The van der Waals surface area contributed by atoms with E-state index in [2.05, 4.69) is 21.3 Å². The molecular weight excluding hydrogens is 739 g/mol. The van der Waals surface area contributed by atoms with Crippen molar-refractivity contribution < 1.29 is 38.3 Å². The van der Waals surface area contributed by atoms with Crippen LogP contribution in [-0.2, 0) is 41.7 Å². The number of hydrogen-bond donors (Lipinski definition) is 6. The van der Waals surface area contributed by atoms with E-state index in [1.54, 1.807) is 36.4 Å². The van der Waals surface area contributed by atoms with Crippen molar-refractivity contribution in [3.63, 3.8) is 0 Å². The molecule has 3 aromatic carbocycles. The van der Waals surface area contributed by atoms with Crippen LogP contribution in [0.2, 0.25) is 0 Å². The van der Waals surface area contributed by atoms with E-state index >= 15 is 0 Å². The minimum atomic E-state index is -0.987. The maximum absolute atomic E-state index is 12.8. The molecule has 8 N–H and O–H groups in total. The van der Waals surface area contributed by atoms with Gasteiger partial charge in [0.1, 0.15) is 11.8 Å². The van der Waals surface area contributed by atoms with Crippen molar-refractivity contribution in [3.8, 4) is 5.75 Å². The molecule has 16 heteroatoms. The number of para-hydroxylation sites is 1. The van der Waals surface area contributed by atoms with E-state index in [9.17, 15) is 33.6 Å². The third-order valence-corrected chi connectivity index (χ3v) is 10.0. The highest BCUT2D eigenvalue weighted by atomic mass is 32.2. The second-order valence-electron chi connectivity index (χ2n) is 13.2. The Morgan fingerprint density at radius 2 is 1.45 bits per heavy atom. The lowest BCUT2D eigenvalue weighted by Crippen LogP contribution is -2.46. The maximum atomic E-state index is 12.8. The Morgan fingerprint density at radius 3 is 2.14 bits per heavy atom. The molecule has 0 aromatic heterocycles. The van der Waals surface area contributed by atoms with Crippen molar-refractivity contribution in [3.05, 3.63) is 96.1 Å². The van der Waals surface area contributed by atoms with Gasteiger partial charge in [-0.25, -0.2) is 4.79 Å². The highest BCUT2D eigenvalue weighted by molar-refractivity contribution is 8.00. The quantitative estimate of drug-likeness (QED) is 0.0644. The van der Waals surface area contributed by atoms with Gasteiger partial charge in [-0.1, -0.05) is 67.1 Å². The Labute approximate surface area is 330 Å². The van der Waals surface area contributed by atoms with Gasteiger partial charge in [-0.3, -0.25) is 33.7 Å². The lowest BCUT2D eigenvalue weighted by Gasteiger charge is -2.18. The molecule has 1 aliphatic heterocycles. The van der Waals surface area contributed by atoms with Crippen LogP contribution in [0.25, 0.3) is 0 Å². The summed E-state index contributed by atoms with van der Waals surface area (Å²) in [5.41, 5.74) is 13.9. The third-order valence-electron chi connectivity index (χ3n) is 8.75. The number of nitrogens with zero attached hydrogens (tertiary/aromatic N) is 1. The number of carbonyl (C=O) groups is 7. The van der Waals surface area contributed by atoms with Crippen molar-refractivity contribution in [2.24, 2.45) is 11.5 Å². The number of nitrogens with one attached hydrogen (secondary N) is 4. The summed E-state index contributed by atoms with van der Waals surface area (Å²) < 4.78 is 5.28. The fourth-order valence-electron chi connectivity index (χ4n) is 5.67. The van der Waals surface area contributed by atoms with E-state index < -0.39 is 29.3 Å². The monoisotopic (exact) mass is 787 g/mol. The first-order valence-corrected chi connectivity index (χ1v) is 19.5. The zero-order valence-electron chi connectivity index (χ0n) is 31.1. The van der Waals surface area contributed by atoms with Crippen molar-refractivity contribution in [1.82, 2.24) is 20.9 Å². The van der Waals surface area contributed by atoms with Crippen molar-refractivity contribution in [2.45, 2.75) is 75.2 Å². The first-order valence-electron chi connectivity index (χ1n) is 18.5. The summed E-state index contributed by atoms with van der Waals surface area (Å²) in [5, 5.41) is 10.2. The van der Waals surface area contributed by atoms with Gasteiger partial charge in [-0.05, 0) is 61.1 Å². The second kappa shape index (κ2) is 22.6. The molecule has 2 unspecified atom stereocenters. The van der Waals surface area contributed by atoms with E-state index in [1.807, 2.05) is 48.5 Å². The molecule has 1 aliphatic rings. The second-order valence-corrected chi connectivity index (χ2v) is 14.5. The van der Waals surface area contributed by atoms with E-state index in [1.165, 1.54) is 4.90 Å². The molecule has 1 fully saturated rings. The largest absolute Gasteiger partial charge is 0.412 e. The standard InChI is InChI=1S/C40H49N7O8S/c41-31(38(52)45-29-13-6-2-7-14-29)23-27-17-19-30(20-18-27)55-40(54)44-22-10-16-34(48)43-21-9-3-8-15-35(49)46-32(37(42)51)26-56-33-24-36(50)47(39(33)53)25-28-11-4-1-5-12-28/h1-2,4-7,11-14,17-20,31-33H,3,8-10,15-16,21-26,41H2,(H2,42,51)(H,43,48)(H,44,54)(H,45,52)(H,46,49)/t31?,32-,33?/m0/s1. The topological polar surface area (TPSA) is 232 Å². The van der Waals surface area contributed by atoms with Gasteiger partial charge in [-0.2, -0.15) is 0 Å². The molecular formula is C40H49N7O8S. The predicted molar refractivity (Wildman–Crippen MR) is 212 cm³/mol. The van der Waals surface area contributed by atoms with Gasteiger partial charge in [0.2, 0.25) is 35.4 Å². The smallest absolute Gasteiger partial charge is 0.410 e. The van der Waals surface area contributed by atoms with Gasteiger partial charge in [-0.15, -0.1) is 11.8 Å². The average molecular weight is 788 g/mol. The molecule has 7 amide bonds. The number of benzene rings is 3. The normalized spacial score (nSPS) is 14.7. The number of amides is 7. The number of likely N-dealkylation sites (tertiary alicyclic amines) is 1. The Morgan fingerprint density at radius 1 is 0.786 bits per heavy atom. The lowest BCUT2D eigenvalue weighted by atomic mass is 10.1. The van der Waals surface area contributed by atoms with Gasteiger partial charge in [0, 0.05) is 43.8 Å². The van der Waals surface area contributed by atoms with E-state index in [4.69, 9.17) is 16.2 Å². The number of unbranched alkanes of at least 4 members (excludes halogenated alkanes) is 2. The Hall–Kier alpha value is -5.74. The van der Waals surface area contributed by atoms with Gasteiger partial charge in [0.25, 0.3) is 0 Å². The number of imide groups is 1. The highest BCUT2D eigenvalue weighted by Crippen LogP contribution is 2.27. The Kier molecular flexibility index (Phi) is 17.3. The molecule has 15 nitrogen and oxygen atoms in total. The number of nitrogens with two attached hydrogens (primary N) is 2. The molecule has 0 saturated carbocycles. The third kappa shape index (κ3) is 14.8. The van der Waals surface area contributed by atoms with Crippen LogP contribution in [0.15, 0.2) is 84.9 Å². The summed E-state index contributed by atoms with van der Waals surface area (Å²) in [6.45, 7) is 0.837. The summed E-state index contributed by atoms with van der Waals surface area (Å²) in [7, 11) is 0. The van der Waals surface area contributed by atoms with E-state index in [0.717, 1.165) is 22.9 Å². The van der Waals surface area contributed by atoms with Crippen LogP contribution in [-0.4, -0.2) is 82.6 Å². The maximum Gasteiger partial charge on any atom is 0.412 e. The fraction of sp³-hybridized carbons (Fsp3) is 0.375. The van der Waals surface area contributed by atoms with Crippen molar-refractivity contribution in [2.75, 3.05) is 24.2 Å². The van der Waals surface area contributed by atoms with Crippen LogP contribution in [0.4, 0.5) is 10.5 Å². The summed E-state index contributed by atoms with van der Waals surface area (Å²) in [6.07, 6.45) is 2.25. The van der Waals surface area contributed by atoms with Gasteiger partial charge >= 0.3 is 6.09 Å². The number of ether oxygens (including phenoxy) is 1. The predicted octanol–water partition coefficient (Wildman–Crippen LogP) is 2.77. The summed E-state index contributed by atoms with van der Waals surface area (Å²) in [5.74, 6) is -1.78. The minimum absolute atomic E-state index is 0.0203. The number of rotatable bonds is 22. The molecule has 0 spiro atoms. The lowest BCUT2D eigenvalue weighted by molar-refractivity contribution is -0.139. The van der Waals surface area contributed by atoms with Gasteiger partial charge in [0.15, 0.2) is 0 Å². The number of thioether (sulfide) groups is 1. The minimum Gasteiger partial charge on any atom is -0.410 e. The van der Waals surface area contributed by atoms with E-state index in [-0.39, 0.29) is 67.6 Å². The summed E-state index contributed by atoms with van der Waals surface area (Å²) >= 11 is 1.13. The number of anilines is 1. The molecule has 1 heterocycles. The zero-order chi connectivity index (χ0) is 40.3. The van der Waals surface area contributed by atoms with Crippen LogP contribution in [0, 0.1) is 0 Å². The van der Waals surface area contributed by atoms with Crippen LogP contribution in [0.1, 0.15) is 56.1 Å². The average Bonchev–Trinajstić information content (AvgIpc) is 3.45. The molecule has 0 aliphatic carbocycles. The molecule has 56 heavy (non-hydrogen) atoms. The first kappa shape index (κ1) is 43.0. The summed E-state index contributed by atoms with van der Waals surface area (Å²) in [4.78, 5) is 87.8. The zero-order valence-corrected chi connectivity index (χ0v) is 31.9. The van der Waals surface area contributed by atoms with Gasteiger partial charge in [0.05, 0.1) is 17.8 Å².